The van der Waals surface area contributed by atoms with Crippen molar-refractivity contribution in [3.8, 4) is 5.75 Å². The summed E-state index contributed by atoms with van der Waals surface area (Å²) in [5.74, 6) is 0.185. The van der Waals surface area contributed by atoms with E-state index in [1.54, 1.807) is 48.5 Å². The first-order valence-electron chi connectivity index (χ1n) is 10.6. The summed E-state index contributed by atoms with van der Waals surface area (Å²) in [6.07, 6.45) is 2.36. The largest absolute Gasteiger partial charge is 0.484 e. The molecule has 1 heterocycles. The average Bonchev–Trinajstić information content (AvgIpc) is 3.33. The fourth-order valence-corrected chi connectivity index (χ4v) is 4.59. The number of hydrogen-bond acceptors (Lipinski definition) is 5. The van der Waals surface area contributed by atoms with Crippen molar-refractivity contribution in [2.24, 2.45) is 0 Å². The molecule has 9 heteroatoms. The molecule has 0 aliphatic carbocycles. The Kier molecular flexibility index (Phi) is 7.74. The Hall–Kier alpha value is -3.07. The highest BCUT2D eigenvalue weighted by molar-refractivity contribution is 7.92. The van der Waals surface area contributed by atoms with Gasteiger partial charge in [0.1, 0.15) is 5.75 Å². The summed E-state index contributed by atoms with van der Waals surface area (Å²) in [5.41, 5.74) is 1.46. The number of nitrogens with zero attached hydrogens (tertiary/aromatic N) is 2. The molecule has 1 aliphatic rings. The van der Waals surface area contributed by atoms with E-state index in [0.717, 1.165) is 31.5 Å². The maximum absolute atomic E-state index is 12.8. The van der Waals surface area contributed by atoms with E-state index in [2.05, 4.69) is 5.32 Å². The van der Waals surface area contributed by atoms with Gasteiger partial charge < -0.3 is 15.0 Å². The number of carbonyl (C=O) groups excluding carboxylic acids is 2. The minimum atomic E-state index is -3.67. The van der Waals surface area contributed by atoms with E-state index < -0.39 is 10.0 Å². The van der Waals surface area contributed by atoms with Crippen LogP contribution in [0.5, 0.6) is 5.75 Å². The highest BCUT2D eigenvalue weighted by Crippen LogP contribution is 2.24. The second-order valence-corrected chi connectivity index (χ2v) is 9.73. The monoisotopic (exact) mass is 459 g/mol. The predicted octanol–water partition coefficient (Wildman–Crippen LogP) is 2.33. The van der Waals surface area contributed by atoms with Crippen molar-refractivity contribution in [2.75, 3.05) is 37.6 Å². The third-order valence-corrected chi connectivity index (χ3v) is 7.17. The van der Waals surface area contributed by atoms with Gasteiger partial charge in [-0.2, -0.15) is 0 Å². The van der Waals surface area contributed by atoms with Gasteiger partial charge in [-0.1, -0.05) is 17.7 Å². The van der Waals surface area contributed by atoms with Gasteiger partial charge in [-0.05, 0) is 56.2 Å². The number of ether oxygens (including phenoxy) is 1. The lowest BCUT2D eigenvalue weighted by Gasteiger charge is -2.20. The number of nitrogens with one attached hydrogen (secondary N) is 1. The Bertz CT molecular complexity index is 1030. The summed E-state index contributed by atoms with van der Waals surface area (Å²) in [7, 11) is -2.19. The SMILES string of the molecule is Cc1ccc(S(=O)(=O)N(C)c2ccc(OCC(=O)NCCC(=O)N3CCCC3)cc2)cc1. The van der Waals surface area contributed by atoms with Crippen LogP contribution in [0.1, 0.15) is 24.8 Å². The molecule has 2 amide bonds. The van der Waals surface area contributed by atoms with Crippen LogP contribution in [0.25, 0.3) is 0 Å². The first kappa shape index (κ1) is 23.6. The molecule has 8 nitrogen and oxygen atoms in total. The Labute approximate surface area is 189 Å². The molecule has 0 spiro atoms. The molecule has 2 aromatic carbocycles. The molecular formula is C23H29N3O5S. The van der Waals surface area contributed by atoms with Crippen molar-refractivity contribution in [3.05, 3.63) is 54.1 Å². The number of aryl methyl sites for hydroxylation is 1. The molecule has 0 saturated carbocycles. The van der Waals surface area contributed by atoms with Crippen LogP contribution < -0.4 is 14.4 Å². The Morgan fingerprint density at radius 1 is 1.03 bits per heavy atom. The van der Waals surface area contributed by atoms with Crippen LogP contribution in [-0.2, 0) is 19.6 Å². The zero-order valence-electron chi connectivity index (χ0n) is 18.4. The summed E-state index contributed by atoms with van der Waals surface area (Å²) < 4.78 is 32.2. The van der Waals surface area contributed by atoms with E-state index in [0.29, 0.717) is 11.4 Å². The molecular weight excluding hydrogens is 430 g/mol. The van der Waals surface area contributed by atoms with Gasteiger partial charge in [0.2, 0.25) is 5.91 Å². The molecule has 0 bridgehead atoms. The number of carbonyl (C=O) groups is 2. The maximum Gasteiger partial charge on any atom is 0.264 e. The van der Waals surface area contributed by atoms with Crippen molar-refractivity contribution in [2.45, 2.75) is 31.1 Å². The third-order valence-electron chi connectivity index (χ3n) is 5.37. The van der Waals surface area contributed by atoms with Crippen LogP contribution in [0, 0.1) is 6.92 Å². The van der Waals surface area contributed by atoms with Gasteiger partial charge in [0.15, 0.2) is 6.61 Å². The molecule has 3 rings (SSSR count). The summed E-state index contributed by atoms with van der Waals surface area (Å²) in [6.45, 7) is 3.58. The maximum atomic E-state index is 12.8. The minimum Gasteiger partial charge on any atom is -0.484 e. The molecule has 1 fully saturated rings. The molecule has 0 aromatic heterocycles. The van der Waals surface area contributed by atoms with Crippen LogP contribution in [0.2, 0.25) is 0 Å². The second-order valence-electron chi connectivity index (χ2n) is 7.76. The van der Waals surface area contributed by atoms with Crippen LogP contribution >= 0.6 is 0 Å². The normalized spacial score (nSPS) is 13.6. The van der Waals surface area contributed by atoms with Gasteiger partial charge in [0.05, 0.1) is 10.6 Å². The van der Waals surface area contributed by atoms with Gasteiger partial charge in [0, 0.05) is 33.1 Å². The molecule has 2 aromatic rings. The standard InChI is InChI=1S/C23H29N3O5S/c1-18-5-11-21(12-6-18)32(29,30)25(2)19-7-9-20(10-8-19)31-17-22(27)24-14-13-23(28)26-15-3-4-16-26/h5-12H,3-4,13-17H2,1-2H3,(H,24,27). The van der Waals surface area contributed by atoms with Crippen molar-refractivity contribution >= 4 is 27.5 Å². The Morgan fingerprint density at radius 2 is 1.66 bits per heavy atom. The lowest BCUT2D eigenvalue weighted by molar-refractivity contribution is -0.130. The minimum absolute atomic E-state index is 0.0593. The van der Waals surface area contributed by atoms with Crippen molar-refractivity contribution in [1.82, 2.24) is 10.2 Å². The summed E-state index contributed by atoms with van der Waals surface area (Å²) >= 11 is 0. The number of benzene rings is 2. The van der Waals surface area contributed by atoms with E-state index in [1.807, 2.05) is 11.8 Å². The molecule has 0 atom stereocenters. The van der Waals surface area contributed by atoms with E-state index in [1.165, 1.54) is 11.4 Å². The van der Waals surface area contributed by atoms with E-state index in [-0.39, 0.29) is 36.3 Å². The van der Waals surface area contributed by atoms with Gasteiger partial charge in [-0.15, -0.1) is 0 Å². The first-order chi connectivity index (χ1) is 15.3. The second kappa shape index (κ2) is 10.5. The van der Waals surface area contributed by atoms with Crippen LogP contribution in [0.3, 0.4) is 0 Å². The predicted molar refractivity (Wildman–Crippen MR) is 122 cm³/mol. The molecule has 1 aliphatic heterocycles. The van der Waals surface area contributed by atoms with Gasteiger partial charge in [-0.3, -0.25) is 13.9 Å². The number of rotatable bonds is 9. The topological polar surface area (TPSA) is 96.0 Å². The van der Waals surface area contributed by atoms with E-state index >= 15 is 0 Å². The van der Waals surface area contributed by atoms with Crippen LogP contribution in [0.15, 0.2) is 53.4 Å². The highest BCUT2D eigenvalue weighted by Gasteiger charge is 2.21. The van der Waals surface area contributed by atoms with Crippen molar-refractivity contribution in [1.29, 1.82) is 0 Å². The number of amides is 2. The highest BCUT2D eigenvalue weighted by atomic mass is 32.2. The van der Waals surface area contributed by atoms with E-state index in [4.69, 9.17) is 4.74 Å². The lowest BCUT2D eigenvalue weighted by atomic mass is 10.2. The molecule has 1 N–H and O–H groups in total. The van der Waals surface area contributed by atoms with Gasteiger partial charge in [0.25, 0.3) is 15.9 Å². The molecule has 0 unspecified atom stereocenters. The average molecular weight is 460 g/mol. The molecule has 172 valence electrons. The quantitative estimate of drug-likeness (QED) is 0.621. The Balaban J connectivity index is 1.47. The lowest BCUT2D eigenvalue weighted by Crippen LogP contribution is -2.34. The van der Waals surface area contributed by atoms with Crippen molar-refractivity contribution < 1.29 is 22.7 Å². The first-order valence-corrected chi connectivity index (χ1v) is 12.0. The van der Waals surface area contributed by atoms with Crippen LogP contribution in [-0.4, -0.2) is 58.4 Å². The molecule has 1 saturated heterocycles. The fraction of sp³-hybridized carbons (Fsp3) is 0.391. The summed E-state index contributed by atoms with van der Waals surface area (Å²) in [6, 6.07) is 13.1. The Morgan fingerprint density at radius 3 is 2.28 bits per heavy atom. The number of hydrogen-bond donors (Lipinski definition) is 1. The zero-order valence-corrected chi connectivity index (χ0v) is 19.2. The van der Waals surface area contributed by atoms with E-state index in [9.17, 15) is 18.0 Å². The molecule has 32 heavy (non-hydrogen) atoms. The number of anilines is 1. The summed E-state index contributed by atoms with van der Waals surface area (Å²) in [4.78, 5) is 26.0. The zero-order chi connectivity index (χ0) is 23.1. The summed E-state index contributed by atoms with van der Waals surface area (Å²) in [5, 5.41) is 2.68. The van der Waals surface area contributed by atoms with Crippen LogP contribution in [0.4, 0.5) is 5.69 Å². The van der Waals surface area contributed by atoms with Gasteiger partial charge in [-0.25, -0.2) is 8.42 Å². The number of sulfonamides is 1. The smallest absolute Gasteiger partial charge is 0.264 e. The van der Waals surface area contributed by atoms with Gasteiger partial charge >= 0.3 is 0 Å². The number of likely N-dealkylation sites (tertiary alicyclic amines) is 1. The third kappa shape index (κ3) is 6.00. The van der Waals surface area contributed by atoms with Crippen molar-refractivity contribution in [3.63, 3.8) is 0 Å². The fourth-order valence-electron chi connectivity index (χ4n) is 3.39. The molecule has 0 radical (unpaired) electrons.